The van der Waals surface area contributed by atoms with Crippen LogP contribution in [0, 0.1) is 0 Å². The summed E-state index contributed by atoms with van der Waals surface area (Å²) in [4.78, 5) is 51.7. The quantitative estimate of drug-likeness (QED) is 0.264. The summed E-state index contributed by atoms with van der Waals surface area (Å²) in [5.41, 5.74) is 12.5. The molecule has 1 heterocycles. The highest BCUT2D eigenvalue weighted by atomic mass is 16.6. The lowest BCUT2D eigenvalue weighted by Crippen LogP contribution is -2.63. The van der Waals surface area contributed by atoms with Gasteiger partial charge < -0.3 is 31.7 Å². The van der Waals surface area contributed by atoms with Crippen molar-refractivity contribution < 1.29 is 23.9 Å². The number of hydrogen-bond donors (Lipinski definition) is 4. The minimum Gasteiger partial charge on any atom is -0.445 e. The summed E-state index contributed by atoms with van der Waals surface area (Å²) >= 11 is 0. The van der Waals surface area contributed by atoms with Crippen LogP contribution in [-0.4, -0.2) is 59.9 Å². The van der Waals surface area contributed by atoms with Gasteiger partial charge in [0.05, 0.1) is 12.0 Å². The van der Waals surface area contributed by atoms with Gasteiger partial charge in [-0.1, -0.05) is 72.8 Å². The Balaban J connectivity index is 1.25. The maximum absolute atomic E-state index is 13.1. The average molecular weight is 560 g/mol. The molecular formula is C31H37N5O5. The van der Waals surface area contributed by atoms with Gasteiger partial charge in [0.2, 0.25) is 17.7 Å². The van der Waals surface area contributed by atoms with Gasteiger partial charge in [0.1, 0.15) is 12.6 Å². The van der Waals surface area contributed by atoms with Crippen LogP contribution in [0.25, 0.3) is 10.8 Å². The van der Waals surface area contributed by atoms with Gasteiger partial charge in [-0.15, -0.1) is 0 Å². The van der Waals surface area contributed by atoms with E-state index in [1.54, 1.807) is 0 Å². The number of primary amides is 1. The second kappa shape index (κ2) is 13.8. The Morgan fingerprint density at radius 2 is 1.61 bits per heavy atom. The second-order valence-corrected chi connectivity index (χ2v) is 10.4. The molecule has 0 aromatic heterocycles. The molecular weight excluding hydrogens is 522 g/mol. The Morgan fingerprint density at radius 3 is 2.34 bits per heavy atom. The molecule has 6 N–H and O–H groups in total. The highest BCUT2D eigenvalue weighted by molar-refractivity contribution is 5.94. The molecule has 1 atom stereocenters. The first kappa shape index (κ1) is 29.5. The number of fused-ring (bicyclic) bond motifs is 1. The Morgan fingerprint density at radius 1 is 0.927 bits per heavy atom. The number of likely N-dealkylation sites (tertiary alicyclic amines) is 1. The van der Waals surface area contributed by atoms with Crippen molar-refractivity contribution >= 4 is 34.6 Å². The molecule has 0 spiro atoms. The SMILES string of the molecule is NC(=O)C[C@H](NC(=O)C1(N)CCN(C(=O)OCc2ccccc2)CC1)C(=O)NCCCc1cccc2ccccc12. The summed E-state index contributed by atoms with van der Waals surface area (Å²) in [6.45, 7) is 0.952. The zero-order chi connectivity index (χ0) is 29.2. The van der Waals surface area contributed by atoms with Crippen LogP contribution in [0.5, 0.6) is 0 Å². The molecule has 0 unspecified atom stereocenters. The molecule has 1 aliphatic rings. The number of benzene rings is 3. The molecule has 0 bridgehead atoms. The maximum Gasteiger partial charge on any atom is 0.410 e. The molecule has 3 aromatic rings. The lowest BCUT2D eigenvalue weighted by molar-refractivity contribution is -0.134. The van der Waals surface area contributed by atoms with Gasteiger partial charge in [-0.25, -0.2) is 4.79 Å². The zero-order valence-electron chi connectivity index (χ0n) is 23.0. The van der Waals surface area contributed by atoms with Crippen molar-refractivity contribution in [3.05, 3.63) is 83.9 Å². The number of nitrogens with one attached hydrogen (secondary N) is 2. The number of ether oxygens (including phenoxy) is 1. The Hall–Kier alpha value is -4.44. The fraction of sp³-hybridized carbons (Fsp3) is 0.355. The third-order valence-electron chi connectivity index (χ3n) is 7.40. The van der Waals surface area contributed by atoms with Gasteiger partial charge in [-0.2, -0.15) is 0 Å². The van der Waals surface area contributed by atoms with Crippen LogP contribution in [0.1, 0.15) is 36.8 Å². The molecule has 4 rings (SSSR count). The summed E-state index contributed by atoms with van der Waals surface area (Å²) in [7, 11) is 0. The molecule has 41 heavy (non-hydrogen) atoms. The van der Waals surface area contributed by atoms with Crippen LogP contribution < -0.4 is 22.1 Å². The predicted molar refractivity (Wildman–Crippen MR) is 155 cm³/mol. The van der Waals surface area contributed by atoms with Crippen LogP contribution in [0.15, 0.2) is 72.8 Å². The number of rotatable bonds is 11. The molecule has 1 aliphatic heterocycles. The van der Waals surface area contributed by atoms with Crippen molar-refractivity contribution in [3.63, 3.8) is 0 Å². The summed E-state index contributed by atoms with van der Waals surface area (Å²) in [6.07, 6.45) is 0.948. The number of amides is 4. The van der Waals surface area contributed by atoms with E-state index < -0.39 is 35.4 Å². The fourth-order valence-corrected chi connectivity index (χ4v) is 4.96. The number of carbonyl (C=O) groups excluding carboxylic acids is 4. The maximum atomic E-state index is 13.1. The Bertz CT molecular complexity index is 1370. The largest absolute Gasteiger partial charge is 0.445 e. The zero-order valence-corrected chi connectivity index (χ0v) is 23.0. The van der Waals surface area contributed by atoms with E-state index >= 15 is 0 Å². The molecule has 216 valence electrons. The monoisotopic (exact) mass is 559 g/mol. The summed E-state index contributed by atoms with van der Waals surface area (Å²) < 4.78 is 5.37. The lowest BCUT2D eigenvalue weighted by atomic mass is 9.87. The smallest absolute Gasteiger partial charge is 0.410 e. The minimum absolute atomic E-state index is 0.149. The van der Waals surface area contributed by atoms with E-state index in [1.165, 1.54) is 15.8 Å². The van der Waals surface area contributed by atoms with E-state index in [4.69, 9.17) is 16.2 Å². The van der Waals surface area contributed by atoms with E-state index in [2.05, 4.69) is 34.9 Å². The van der Waals surface area contributed by atoms with Crippen LogP contribution in [0.3, 0.4) is 0 Å². The highest BCUT2D eigenvalue weighted by Crippen LogP contribution is 2.22. The minimum atomic E-state index is -1.30. The molecule has 1 fully saturated rings. The molecule has 1 saturated heterocycles. The standard InChI is InChI=1S/C31H37N5O5/c32-27(37)20-26(28(38)34-17-7-13-24-12-6-11-23-10-4-5-14-25(23)24)35-29(39)31(33)15-18-36(19-16-31)30(40)41-21-22-8-2-1-3-9-22/h1-6,8-12,14,26H,7,13,15-21,33H2,(H2,32,37)(H,34,38)(H,35,39)/t26-/m0/s1. The van der Waals surface area contributed by atoms with Gasteiger partial charge in [-0.3, -0.25) is 14.4 Å². The number of nitrogens with two attached hydrogens (primary N) is 2. The van der Waals surface area contributed by atoms with Crippen LogP contribution in [0.2, 0.25) is 0 Å². The van der Waals surface area contributed by atoms with Crippen molar-refractivity contribution in [2.24, 2.45) is 11.5 Å². The predicted octanol–water partition coefficient (Wildman–Crippen LogP) is 2.38. The summed E-state index contributed by atoms with van der Waals surface area (Å²) in [5, 5.41) is 7.75. The van der Waals surface area contributed by atoms with Crippen molar-refractivity contribution in [2.75, 3.05) is 19.6 Å². The number of piperidine rings is 1. The van der Waals surface area contributed by atoms with E-state index in [-0.39, 0.29) is 39.0 Å². The third kappa shape index (κ3) is 8.04. The van der Waals surface area contributed by atoms with Crippen LogP contribution >= 0.6 is 0 Å². The number of aryl methyl sites for hydroxylation is 1. The average Bonchev–Trinajstić information content (AvgIpc) is 2.98. The molecule has 3 aromatic carbocycles. The van der Waals surface area contributed by atoms with Gasteiger partial charge in [-0.05, 0) is 47.6 Å². The highest BCUT2D eigenvalue weighted by Gasteiger charge is 2.40. The van der Waals surface area contributed by atoms with Gasteiger partial charge in [0.15, 0.2) is 0 Å². The topological polar surface area (TPSA) is 157 Å². The molecule has 0 aliphatic carbocycles. The molecule has 0 saturated carbocycles. The van der Waals surface area contributed by atoms with E-state index in [1.807, 2.05) is 48.5 Å². The van der Waals surface area contributed by atoms with Gasteiger partial charge in [0.25, 0.3) is 0 Å². The van der Waals surface area contributed by atoms with E-state index in [0.717, 1.165) is 17.4 Å². The summed E-state index contributed by atoms with van der Waals surface area (Å²) in [5.74, 6) is -1.78. The van der Waals surface area contributed by atoms with Crippen LogP contribution in [0.4, 0.5) is 4.79 Å². The van der Waals surface area contributed by atoms with Crippen molar-refractivity contribution in [3.8, 4) is 0 Å². The number of nitrogens with zero attached hydrogens (tertiary/aromatic N) is 1. The normalized spacial score (nSPS) is 15.1. The first-order chi connectivity index (χ1) is 19.7. The van der Waals surface area contributed by atoms with Crippen molar-refractivity contribution in [1.29, 1.82) is 0 Å². The second-order valence-electron chi connectivity index (χ2n) is 10.4. The van der Waals surface area contributed by atoms with Crippen molar-refractivity contribution in [1.82, 2.24) is 15.5 Å². The van der Waals surface area contributed by atoms with Crippen LogP contribution in [-0.2, 0) is 32.1 Å². The van der Waals surface area contributed by atoms with Gasteiger partial charge in [0, 0.05) is 19.6 Å². The Kier molecular flexibility index (Phi) is 9.91. The molecule has 0 radical (unpaired) electrons. The number of hydrogen-bond acceptors (Lipinski definition) is 6. The molecule has 10 heteroatoms. The van der Waals surface area contributed by atoms with Crippen molar-refractivity contribution in [2.45, 2.75) is 50.3 Å². The third-order valence-corrected chi connectivity index (χ3v) is 7.40. The van der Waals surface area contributed by atoms with E-state index in [9.17, 15) is 19.2 Å². The van der Waals surface area contributed by atoms with Gasteiger partial charge >= 0.3 is 6.09 Å². The number of carbonyl (C=O) groups is 4. The fourth-order valence-electron chi connectivity index (χ4n) is 4.96. The van der Waals surface area contributed by atoms with E-state index in [0.29, 0.717) is 13.0 Å². The first-order valence-corrected chi connectivity index (χ1v) is 13.8. The summed E-state index contributed by atoms with van der Waals surface area (Å²) in [6, 6.07) is 22.4. The molecule has 4 amide bonds. The first-order valence-electron chi connectivity index (χ1n) is 13.8. The Labute approximate surface area is 239 Å². The lowest BCUT2D eigenvalue weighted by Gasteiger charge is -2.38. The molecule has 10 nitrogen and oxygen atoms in total.